The first-order valence-electron chi connectivity index (χ1n) is 7.69. The highest BCUT2D eigenvalue weighted by Crippen LogP contribution is 2.46. The third-order valence-electron chi connectivity index (χ3n) is 5.02. The van der Waals surface area contributed by atoms with Crippen molar-refractivity contribution in [2.24, 2.45) is 5.41 Å². The van der Waals surface area contributed by atoms with Crippen LogP contribution in [0.3, 0.4) is 0 Å². The van der Waals surface area contributed by atoms with Crippen LogP contribution in [0.15, 0.2) is 30.3 Å². The SMILES string of the molecule is O=C(O)C(CCc1ccccc1)N1CC2(CCCC2)C1. The van der Waals surface area contributed by atoms with Gasteiger partial charge in [-0.05, 0) is 36.7 Å². The van der Waals surface area contributed by atoms with Crippen molar-refractivity contribution in [3.05, 3.63) is 35.9 Å². The maximum absolute atomic E-state index is 11.5. The summed E-state index contributed by atoms with van der Waals surface area (Å²) in [6, 6.07) is 9.88. The van der Waals surface area contributed by atoms with Gasteiger partial charge in [-0.25, -0.2) is 0 Å². The Labute approximate surface area is 120 Å². The summed E-state index contributed by atoms with van der Waals surface area (Å²) in [4.78, 5) is 13.7. The maximum atomic E-state index is 11.5. The Balaban J connectivity index is 1.56. The molecule has 3 heteroatoms. The molecule has 0 aromatic heterocycles. The molecule has 1 atom stereocenters. The van der Waals surface area contributed by atoms with E-state index in [0.717, 1.165) is 25.9 Å². The summed E-state index contributed by atoms with van der Waals surface area (Å²) in [5.41, 5.74) is 1.70. The van der Waals surface area contributed by atoms with Crippen LogP contribution in [0, 0.1) is 5.41 Å². The van der Waals surface area contributed by atoms with Gasteiger partial charge in [0.25, 0.3) is 0 Å². The van der Waals surface area contributed by atoms with Crippen LogP contribution in [0.1, 0.15) is 37.7 Å². The molecule has 1 saturated carbocycles. The van der Waals surface area contributed by atoms with Crippen LogP contribution in [0.4, 0.5) is 0 Å². The molecule has 1 unspecified atom stereocenters. The molecule has 2 aliphatic rings. The highest BCUT2D eigenvalue weighted by Gasteiger charge is 2.48. The standard InChI is InChI=1S/C17H23NO2/c19-16(20)15(9-8-14-6-2-1-3-7-14)18-12-17(13-18)10-4-5-11-17/h1-3,6-7,15H,4-5,8-13H2,(H,19,20). The second-order valence-electron chi connectivity index (χ2n) is 6.49. The molecule has 0 amide bonds. The molecule has 1 aliphatic heterocycles. The molecule has 2 fully saturated rings. The molecule has 0 bridgehead atoms. The van der Waals surface area contributed by atoms with Gasteiger partial charge in [-0.15, -0.1) is 0 Å². The number of aliphatic carboxylic acids is 1. The van der Waals surface area contributed by atoms with Gasteiger partial charge in [0.05, 0.1) is 0 Å². The molecular weight excluding hydrogens is 250 g/mol. The summed E-state index contributed by atoms with van der Waals surface area (Å²) in [5, 5.41) is 9.48. The lowest BCUT2D eigenvalue weighted by Gasteiger charge is -2.50. The van der Waals surface area contributed by atoms with Crippen molar-refractivity contribution in [2.75, 3.05) is 13.1 Å². The van der Waals surface area contributed by atoms with Gasteiger partial charge in [0.1, 0.15) is 6.04 Å². The Kier molecular flexibility index (Phi) is 3.79. The molecule has 1 aromatic rings. The van der Waals surface area contributed by atoms with Gasteiger partial charge >= 0.3 is 5.97 Å². The third-order valence-corrected chi connectivity index (χ3v) is 5.02. The van der Waals surface area contributed by atoms with E-state index in [1.165, 1.54) is 31.2 Å². The largest absolute Gasteiger partial charge is 0.480 e. The van der Waals surface area contributed by atoms with Crippen LogP contribution in [-0.2, 0) is 11.2 Å². The van der Waals surface area contributed by atoms with Crippen molar-refractivity contribution in [3.63, 3.8) is 0 Å². The summed E-state index contributed by atoms with van der Waals surface area (Å²) in [6.07, 6.45) is 6.82. The number of hydrogen-bond acceptors (Lipinski definition) is 2. The van der Waals surface area contributed by atoms with Crippen molar-refractivity contribution in [2.45, 2.75) is 44.6 Å². The van der Waals surface area contributed by atoms with Crippen LogP contribution in [0.2, 0.25) is 0 Å². The Morgan fingerprint density at radius 1 is 1.20 bits per heavy atom. The Morgan fingerprint density at radius 2 is 1.85 bits per heavy atom. The van der Waals surface area contributed by atoms with Crippen LogP contribution in [0.25, 0.3) is 0 Å². The zero-order valence-corrected chi connectivity index (χ0v) is 11.9. The molecule has 1 spiro atoms. The Hall–Kier alpha value is -1.35. The molecule has 20 heavy (non-hydrogen) atoms. The van der Waals surface area contributed by atoms with Gasteiger partial charge in [-0.1, -0.05) is 43.2 Å². The van der Waals surface area contributed by atoms with E-state index in [-0.39, 0.29) is 6.04 Å². The lowest BCUT2D eigenvalue weighted by atomic mass is 9.77. The number of carbonyl (C=O) groups is 1. The Morgan fingerprint density at radius 3 is 2.45 bits per heavy atom. The van der Waals surface area contributed by atoms with E-state index >= 15 is 0 Å². The normalized spacial score (nSPS) is 22.6. The van der Waals surface area contributed by atoms with E-state index < -0.39 is 5.97 Å². The molecule has 1 aromatic carbocycles. The van der Waals surface area contributed by atoms with E-state index in [9.17, 15) is 9.90 Å². The summed E-state index contributed by atoms with van der Waals surface area (Å²) in [5.74, 6) is -0.659. The van der Waals surface area contributed by atoms with Crippen LogP contribution < -0.4 is 0 Å². The molecule has 1 aliphatic carbocycles. The fourth-order valence-corrected chi connectivity index (χ4v) is 3.89. The molecule has 0 radical (unpaired) electrons. The topological polar surface area (TPSA) is 40.5 Å². The van der Waals surface area contributed by atoms with Gasteiger partial charge < -0.3 is 5.11 Å². The van der Waals surface area contributed by atoms with E-state index in [0.29, 0.717) is 5.41 Å². The highest BCUT2D eigenvalue weighted by molar-refractivity contribution is 5.73. The molecule has 3 rings (SSSR count). The number of carboxylic acids is 1. The summed E-state index contributed by atoms with van der Waals surface area (Å²) < 4.78 is 0. The van der Waals surface area contributed by atoms with Crippen LogP contribution >= 0.6 is 0 Å². The van der Waals surface area contributed by atoms with E-state index in [1.54, 1.807) is 0 Å². The highest BCUT2D eigenvalue weighted by atomic mass is 16.4. The number of aryl methyl sites for hydroxylation is 1. The summed E-state index contributed by atoms with van der Waals surface area (Å²) in [6.45, 7) is 2.00. The zero-order chi connectivity index (χ0) is 14.0. The van der Waals surface area contributed by atoms with Gasteiger partial charge in [0.15, 0.2) is 0 Å². The van der Waals surface area contributed by atoms with Crippen LogP contribution in [-0.4, -0.2) is 35.1 Å². The predicted molar refractivity (Wildman–Crippen MR) is 78.7 cm³/mol. The van der Waals surface area contributed by atoms with Crippen LogP contribution in [0.5, 0.6) is 0 Å². The number of carboxylic acid groups (broad SMARTS) is 1. The van der Waals surface area contributed by atoms with Crippen molar-refractivity contribution in [1.29, 1.82) is 0 Å². The van der Waals surface area contributed by atoms with Crippen molar-refractivity contribution in [1.82, 2.24) is 4.90 Å². The minimum atomic E-state index is -0.659. The minimum Gasteiger partial charge on any atom is -0.480 e. The number of benzene rings is 1. The van der Waals surface area contributed by atoms with Crippen molar-refractivity contribution in [3.8, 4) is 0 Å². The van der Waals surface area contributed by atoms with E-state index in [1.807, 2.05) is 18.2 Å². The van der Waals surface area contributed by atoms with Crippen molar-refractivity contribution < 1.29 is 9.90 Å². The average Bonchev–Trinajstić information content (AvgIpc) is 2.89. The van der Waals surface area contributed by atoms with E-state index in [4.69, 9.17) is 0 Å². The second kappa shape index (κ2) is 5.57. The van der Waals surface area contributed by atoms with E-state index in [2.05, 4.69) is 17.0 Å². The first kappa shape index (κ1) is 13.6. The lowest BCUT2D eigenvalue weighted by Crippen LogP contribution is -2.60. The van der Waals surface area contributed by atoms with Gasteiger partial charge in [-0.2, -0.15) is 0 Å². The monoisotopic (exact) mass is 273 g/mol. The molecular formula is C17H23NO2. The lowest BCUT2D eigenvalue weighted by molar-refractivity contribution is -0.149. The first-order valence-corrected chi connectivity index (χ1v) is 7.69. The third kappa shape index (κ3) is 2.73. The molecule has 1 saturated heterocycles. The zero-order valence-electron chi connectivity index (χ0n) is 11.9. The number of likely N-dealkylation sites (tertiary alicyclic amines) is 1. The quantitative estimate of drug-likeness (QED) is 0.896. The smallest absolute Gasteiger partial charge is 0.320 e. The summed E-state index contributed by atoms with van der Waals surface area (Å²) >= 11 is 0. The number of rotatable bonds is 5. The maximum Gasteiger partial charge on any atom is 0.320 e. The van der Waals surface area contributed by atoms with Gasteiger partial charge in [0.2, 0.25) is 0 Å². The van der Waals surface area contributed by atoms with Gasteiger partial charge in [-0.3, -0.25) is 9.69 Å². The first-order chi connectivity index (χ1) is 9.69. The Bertz CT molecular complexity index is 457. The molecule has 3 nitrogen and oxygen atoms in total. The molecule has 1 heterocycles. The number of hydrogen-bond donors (Lipinski definition) is 1. The second-order valence-corrected chi connectivity index (χ2v) is 6.49. The molecule has 108 valence electrons. The molecule has 1 N–H and O–H groups in total. The average molecular weight is 273 g/mol. The fraction of sp³-hybridized carbons (Fsp3) is 0.588. The summed E-state index contributed by atoms with van der Waals surface area (Å²) in [7, 11) is 0. The minimum absolute atomic E-state index is 0.304. The fourth-order valence-electron chi connectivity index (χ4n) is 3.89. The van der Waals surface area contributed by atoms with Crippen molar-refractivity contribution >= 4 is 5.97 Å². The van der Waals surface area contributed by atoms with Gasteiger partial charge in [0, 0.05) is 13.1 Å². The number of nitrogens with zero attached hydrogens (tertiary/aromatic N) is 1. The predicted octanol–water partition coefficient (Wildman–Crippen LogP) is 2.95.